The van der Waals surface area contributed by atoms with Crippen LogP contribution in [0.4, 0.5) is 10.1 Å². The smallest absolute Gasteiger partial charge is 0.258 e. The molecule has 2 rings (SSSR count). The highest BCUT2D eigenvalue weighted by atomic mass is 32.1. The third-order valence-electron chi connectivity index (χ3n) is 2.89. The fourth-order valence-electron chi connectivity index (χ4n) is 1.79. The molecule has 0 aliphatic rings. The molecule has 0 saturated heterocycles. The van der Waals surface area contributed by atoms with Crippen LogP contribution >= 0.6 is 12.6 Å². The molecule has 4 heteroatoms. The Kier molecular flexibility index (Phi) is 3.90. The van der Waals surface area contributed by atoms with E-state index in [1.807, 2.05) is 31.2 Å². The SMILES string of the molecule is Cc1cccc(N(C)C(=O)c2ccc(F)c(S)c2)c1. The quantitative estimate of drug-likeness (QED) is 0.829. The highest BCUT2D eigenvalue weighted by molar-refractivity contribution is 7.80. The molecule has 0 aromatic heterocycles. The van der Waals surface area contributed by atoms with Crippen LogP contribution in [0.2, 0.25) is 0 Å². The predicted octanol–water partition coefficient (Wildman–Crippen LogP) is 3.70. The van der Waals surface area contributed by atoms with Crippen molar-refractivity contribution in [3.63, 3.8) is 0 Å². The number of carbonyl (C=O) groups is 1. The van der Waals surface area contributed by atoms with E-state index in [-0.39, 0.29) is 10.8 Å². The summed E-state index contributed by atoms with van der Waals surface area (Å²) < 4.78 is 13.1. The molecule has 2 aromatic carbocycles. The van der Waals surface area contributed by atoms with Crippen molar-refractivity contribution in [3.8, 4) is 0 Å². The number of amides is 1. The minimum Gasteiger partial charge on any atom is -0.311 e. The van der Waals surface area contributed by atoms with Crippen LogP contribution in [0.5, 0.6) is 0 Å². The zero-order valence-electron chi connectivity index (χ0n) is 10.7. The Hall–Kier alpha value is -1.81. The van der Waals surface area contributed by atoms with E-state index >= 15 is 0 Å². The second kappa shape index (κ2) is 5.45. The summed E-state index contributed by atoms with van der Waals surface area (Å²) in [5.74, 6) is -0.626. The Morgan fingerprint density at radius 2 is 1.95 bits per heavy atom. The summed E-state index contributed by atoms with van der Waals surface area (Å²) in [6.07, 6.45) is 0. The third-order valence-corrected chi connectivity index (χ3v) is 3.23. The number of nitrogens with zero attached hydrogens (tertiary/aromatic N) is 1. The molecule has 0 aliphatic heterocycles. The van der Waals surface area contributed by atoms with Gasteiger partial charge in [-0.2, -0.15) is 0 Å². The molecule has 0 spiro atoms. The topological polar surface area (TPSA) is 20.3 Å². The number of aryl methyl sites for hydroxylation is 1. The minimum absolute atomic E-state index is 0.170. The van der Waals surface area contributed by atoms with E-state index in [9.17, 15) is 9.18 Å². The highest BCUT2D eigenvalue weighted by Crippen LogP contribution is 2.19. The molecule has 2 aromatic rings. The summed E-state index contributed by atoms with van der Waals surface area (Å²) in [5.41, 5.74) is 2.29. The Morgan fingerprint density at radius 1 is 1.21 bits per heavy atom. The minimum atomic E-state index is -0.432. The van der Waals surface area contributed by atoms with Crippen molar-refractivity contribution in [2.45, 2.75) is 11.8 Å². The zero-order chi connectivity index (χ0) is 14.0. The maximum atomic E-state index is 13.1. The first-order valence-corrected chi connectivity index (χ1v) is 6.27. The molecule has 0 bridgehead atoms. The summed E-state index contributed by atoms with van der Waals surface area (Å²) >= 11 is 3.99. The summed E-state index contributed by atoms with van der Waals surface area (Å²) in [7, 11) is 1.69. The van der Waals surface area contributed by atoms with Gasteiger partial charge in [-0.1, -0.05) is 12.1 Å². The van der Waals surface area contributed by atoms with Crippen LogP contribution in [0.3, 0.4) is 0 Å². The number of hydrogen-bond donors (Lipinski definition) is 1. The van der Waals surface area contributed by atoms with Crippen molar-refractivity contribution in [2.75, 3.05) is 11.9 Å². The Balaban J connectivity index is 2.30. The largest absolute Gasteiger partial charge is 0.311 e. The van der Waals surface area contributed by atoms with Crippen molar-refractivity contribution in [1.29, 1.82) is 0 Å². The van der Waals surface area contributed by atoms with Crippen molar-refractivity contribution in [1.82, 2.24) is 0 Å². The molecule has 1 amide bonds. The van der Waals surface area contributed by atoms with Gasteiger partial charge >= 0.3 is 0 Å². The van der Waals surface area contributed by atoms with Crippen LogP contribution < -0.4 is 4.90 Å². The molecule has 0 N–H and O–H groups in total. The number of rotatable bonds is 2. The molecule has 2 nitrogen and oxygen atoms in total. The molecule has 0 aliphatic carbocycles. The van der Waals surface area contributed by atoms with E-state index in [0.717, 1.165) is 11.3 Å². The van der Waals surface area contributed by atoms with Crippen molar-refractivity contribution in [3.05, 3.63) is 59.4 Å². The number of anilines is 1. The van der Waals surface area contributed by atoms with E-state index in [4.69, 9.17) is 0 Å². The second-order valence-corrected chi connectivity index (χ2v) is 4.85. The molecule has 0 saturated carbocycles. The fourth-order valence-corrected chi connectivity index (χ4v) is 2.01. The maximum Gasteiger partial charge on any atom is 0.258 e. The first kappa shape index (κ1) is 13.6. The molecule has 0 radical (unpaired) electrons. The van der Waals surface area contributed by atoms with Crippen LogP contribution in [-0.2, 0) is 0 Å². The summed E-state index contributed by atoms with van der Waals surface area (Å²) in [4.78, 5) is 14.0. The van der Waals surface area contributed by atoms with Crippen molar-refractivity contribution < 1.29 is 9.18 Å². The van der Waals surface area contributed by atoms with E-state index in [1.54, 1.807) is 7.05 Å². The van der Waals surface area contributed by atoms with Gasteiger partial charge in [0.05, 0.1) is 0 Å². The third kappa shape index (κ3) is 2.96. The number of thiol groups is 1. The van der Waals surface area contributed by atoms with Crippen LogP contribution in [-0.4, -0.2) is 13.0 Å². The standard InChI is InChI=1S/C15H14FNOS/c1-10-4-3-5-12(8-10)17(2)15(18)11-6-7-13(16)14(19)9-11/h3-9,19H,1-2H3. The molecule has 0 unspecified atom stereocenters. The van der Waals surface area contributed by atoms with Crippen molar-refractivity contribution >= 4 is 24.2 Å². The van der Waals surface area contributed by atoms with Crippen LogP contribution in [0, 0.1) is 12.7 Å². The van der Waals surface area contributed by atoms with Crippen LogP contribution in [0.15, 0.2) is 47.4 Å². The predicted molar refractivity (Wildman–Crippen MR) is 77.6 cm³/mol. The van der Waals surface area contributed by atoms with E-state index in [1.165, 1.54) is 23.1 Å². The average Bonchev–Trinajstić information content (AvgIpc) is 2.40. The first-order valence-electron chi connectivity index (χ1n) is 5.82. The number of carbonyl (C=O) groups excluding carboxylic acids is 1. The second-order valence-electron chi connectivity index (χ2n) is 4.37. The lowest BCUT2D eigenvalue weighted by molar-refractivity contribution is 0.0992. The number of hydrogen-bond acceptors (Lipinski definition) is 2. The number of benzene rings is 2. The van der Waals surface area contributed by atoms with E-state index in [2.05, 4.69) is 12.6 Å². The lowest BCUT2D eigenvalue weighted by Gasteiger charge is -2.18. The van der Waals surface area contributed by atoms with Gasteiger partial charge in [-0.25, -0.2) is 4.39 Å². The molecule has 0 atom stereocenters. The maximum absolute atomic E-state index is 13.1. The summed E-state index contributed by atoms with van der Waals surface area (Å²) in [5, 5.41) is 0. The van der Waals surface area contributed by atoms with Gasteiger partial charge in [-0.05, 0) is 42.8 Å². The number of halogens is 1. The molecular formula is C15H14FNOS. The van der Waals surface area contributed by atoms with E-state index < -0.39 is 5.82 Å². The first-order chi connectivity index (χ1) is 8.99. The van der Waals surface area contributed by atoms with Gasteiger partial charge in [0.15, 0.2) is 0 Å². The molecule has 98 valence electrons. The average molecular weight is 275 g/mol. The van der Waals surface area contributed by atoms with Crippen LogP contribution in [0.25, 0.3) is 0 Å². The van der Waals surface area contributed by atoms with Gasteiger partial charge in [-0.3, -0.25) is 4.79 Å². The molecule has 19 heavy (non-hydrogen) atoms. The Labute approximate surface area is 117 Å². The highest BCUT2D eigenvalue weighted by Gasteiger charge is 2.14. The summed E-state index contributed by atoms with van der Waals surface area (Å²) in [6.45, 7) is 1.96. The van der Waals surface area contributed by atoms with Gasteiger partial charge < -0.3 is 4.90 Å². The van der Waals surface area contributed by atoms with Gasteiger partial charge in [0, 0.05) is 23.2 Å². The van der Waals surface area contributed by atoms with Gasteiger partial charge in [-0.15, -0.1) is 12.6 Å². The van der Waals surface area contributed by atoms with Crippen LogP contribution in [0.1, 0.15) is 15.9 Å². The lowest BCUT2D eigenvalue weighted by Crippen LogP contribution is -2.26. The molecule has 0 fully saturated rings. The van der Waals surface area contributed by atoms with Gasteiger partial charge in [0.25, 0.3) is 5.91 Å². The zero-order valence-corrected chi connectivity index (χ0v) is 11.6. The fraction of sp³-hybridized carbons (Fsp3) is 0.133. The Morgan fingerprint density at radius 3 is 2.58 bits per heavy atom. The lowest BCUT2D eigenvalue weighted by atomic mass is 10.1. The van der Waals surface area contributed by atoms with Crippen molar-refractivity contribution in [2.24, 2.45) is 0 Å². The molecular weight excluding hydrogens is 261 g/mol. The normalized spacial score (nSPS) is 10.3. The van der Waals surface area contributed by atoms with Gasteiger partial charge in [0.1, 0.15) is 5.82 Å². The molecule has 0 heterocycles. The Bertz CT molecular complexity index is 627. The summed E-state index contributed by atoms with van der Waals surface area (Å²) in [6, 6.07) is 11.8. The van der Waals surface area contributed by atoms with Gasteiger partial charge in [0.2, 0.25) is 0 Å². The van der Waals surface area contributed by atoms with E-state index in [0.29, 0.717) is 5.56 Å². The monoisotopic (exact) mass is 275 g/mol.